The van der Waals surface area contributed by atoms with Crippen LogP contribution in [0.3, 0.4) is 0 Å². The molecule has 1 aromatic heterocycles. The number of piperidine rings is 1. The molecule has 1 atom stereocenters. The van der Waals surface area contributed by atoms with Crippen LogP contribution < -0.4 is 0 Å². The first kappa shape index (κ1) is 19.1. The summed E-state index contributed by atoms with van der Waals surface area (Å²) >= 11 is 0. The van der Waals surface area contributed by atoms with E-state index in [0.29, 0.717) is 45.7 Å². The number of fused-ring (bicyclic) bond motifs is 2. The average Bonchev–Trinajstić information content (AvgIpc) is 3.46. The zero-order valence-corrected chi connectivity index (χ0v) is 16.9. The zero-order chi connectivity index (χ0) is 19.8. The quantitative estimate of drug-likeness (QED) is 0.742. The van der Waals surface area contributed by atoms with Crippen LogP contribution in [0.15, 0.2) is 12.4 Å². The van der Waals surface area contributed by atoms with Gasteiger partial charge >= 0.3 is 0 Å². The minimum Gasteiger partial charge on any atom is -0.381 e. The molecule has 8 nitrogen and oxygen atoms in total. The van der Waals surface area contributed by atoms with Crippen molar-refractivity contribution in [2.45, 2.75) is 56.8 Å². The zero-order valence-electron chi connectivity index (χ0n) is 16.9. The maximum absolute atomic E-state index is 13.0. The summed E-state index contributed by atoms with van der Waals surface area (Å²) in [4.78, 5) is 34.4. The van der Waals surface area contributed by atoms with E-state index in [9.17, 15) is 9.59 Å². The molecule has 0 aliphatic carbocycles. The van der Waals surface area contributed by atoms with E-state index in [-0.39, 0.29) is 17.7 Å². The van der Waals surface area contributed by atoms with E-state index in [1.54, 1.807) is 6.20 Å². The fraction of sp³-hybridized carbons (Fsp3) is 0.762. The second-order valence-electron chi connectivity index (χ2n) is 8.75. The van der Waals surface area contributed by atoms with Gasteiger partial charge in [-0.25, -0.2) is 4.98 Å². The fourth-order valence-corrected chi connectivity index (χ4v) is 5.30. The molecule has 1 spiro atoms. The van der Waals surface area contributed by atoms with E-state index in [1.807, 2.05) is 16.0 Å². The molecule has 1 unspecified atom stereocenters. The molecule has 0 bridgehead atoms. The van der Waals surface area contributed by atoms with Gasteiger partial charge in [-0.05, 0) is 25.7 Å². The first-order valence-corrected chi connectivity index (χ1v) is 11.0. The van der Waals surface area contributed by atoms with E-state index >= 15 is 0 Å². The number of ether oxygens (including phenoxy) is 2. The van der Waals surface area contributed by atoms with E-state index in [0.717, 1.165) is 44.6 Å². The Morgan fingerprint density at radius 3 is 2.41 bits per heavy atom. The second-order valence-corrected chi connectivity index (χ2v) is 8.75. The van der Waals surface area contributed by atoms with Gasteiger partial charge in [0.05, 0.1) is 6.54 Å². The van der Waals surface area contributed by atoms with Gasteiger partial charge in [-0.1, -0.05) is 0 Å². The molecule has 29 heavy (non-hydrogen) atoms. The molecule has 0 radical (unpaired) electrons. The molecule has 3 fully saturated rings. The summed E-state index contributed by atoms with van der Waals surface area (Å²) in [5.41, 5.74) is -0.575. The van der Waals surface area contributed by atoms with E-state index in [4.69, 9.17) is 9.47 Å². The Hall–Kier alpha value is -1.93. The number of nitrogens with zero attached hydrogens (tertiary/aromatic N) is 4. The highest BCUT2D eigenvalue weighted by Gasteiger charge is 2.48. The molecular weight excluding hydrogens is 372 g/mol. The van der Waals surface area contributed by atoms with Gasteiger partial charge in [-0.3, -0.25) is 9.59 Å². The van der Waals surface area contributed by atoms with Gasteiger partial charge < -0.3 is 23.8 Å². The lowest BCUT2D eigenvalue weighted by atomic mass is 9.87. The smallest absolute Gasteiger partial charge is 0.253 e. The molecule has 4 aliphatic heterocycles. The van der Waals surface area contributed by atoms with Gasteiger partial charge in [0, 0.05) is 70.5 Å². The van der Waals surface area contributed by atoms with Crippen LogP contribution in [0.5, 0.6) is 0 Å². The number of hydrogen-bond donors (Lipinski definition) is 0. The minimum atomic E-state index is -0.575. The van der Waals surface area contributed by atoms with Crippen molar-refractivity contribution >= 4 is 11.8 Å². The van der Waals surface area contributed by atoms with Crippen LogP contribution >= 0.6 is 0 Å². The molecule has 0 aromatic carbocycles. The van der Waals surface area contributed by atoms with Crippen LogP contribution in [0, 0.1) is 5.92 Å². The Bertz CT molecular complexity index is 758. The highest BCUT2D eigenvalue weighted by atomic mass is 16.5. The number of hydrogen-bond acceptors (Lipinski definition) is 5. The van der Waals surface area contributed by atoms with Crippen LogP contribution in [0.25, 0.3) is 0 Å². The lowest BCUT2D eigenvalue weighted by Crippen LogP contribution is -2.55. The second kappa shape index (κ2) is 7.72. The van der Waals surface area contributed by atoms with Crippen LogP contribution in [-0.4, -0.2) is 76.7 Å². The van der Waals surface area contributed by atoms with Crippen molar-refractivity contribution in [3.8, 4) is 0 Å². The van der Waals surface area contributed by atoms with Crippen LogP contribution in [-0.2, 0) is 31.2 Å². The summed E-state index contributed by atoms with van der Waals surface area (Å²) in [6.45, 7) is 4.83. The molecule has 3 saturated heterocycles. The van der Waals surface area contributed by atoms with Gasteiger partial charge in [-0.15, -0.1) is 0 Å². The highest BCUT2D eigenvalue weighted by molar-refractivity contribution is 5.81. The Labute approximate surface area is 171 Å². The molecule has 158 valence electrons. The number of likely N-dealkylation sites (tertiary alicyclic amines) is 2. The molecule has 2 amide bonds. The average molecular weight is 402 g/mol. The van der Waals surface area contributed by atoms with Gasteiger partial charge in [0.2, 0.25) is 5.91 Å². The number of aromatic nitrogens is 2. The maximum Gasteiger partial charge on any atom is 0.253 e. The van der Waals surface area contributed by atoms with Crippen LogP contribution in [0.1, 0.15) is 44.3 Å². The van der Waals surface area contributed by atoms with Crippen molar-refractivity contribution < 1.29 is 19.1 Å². The largest absolute Gasteiger partial charge is 0.381 e. The summed E-state index contributed by atoms with van der Waals surface area (Å²) in [5.74, 6) is 1.33. The van der Waals surface area contributed by atoms with Crippen molar-refractivity contribution in [1.82, 2.24) is 19.4 Å². The minimum absolute atomic E-state index is 0.0801. The first-order chi connectivity index (χ1) is 14.2. The molecular formula is C21H30N4O4. The number of imidazole rings is 1. The molecule has 5 heterocycles. The van der Waals surface area contributed by atoms with Crippen LogP contribution in [0.2, 0.25) is 0 Å². The third-order valence-electron chi connectivity index (χ3n) is 7.00. The predicted molar refractivity (Wildman–Crippen MR) is 104 cm³/mol. The van der Waals surface area contributed by atoms with Gasteiger partial charge in [-0.2, -0.15) is 0 Å². The fourth-order valence-electron chi connectivity index (χ4n) is 5.30. The van der Waals surface area contributed by atoms with Crippen LogP contribution in [0.4, 0.5) is 0 Å². The lowest BCUT2D eigenvalue weighted by Gasteiger charge is -2.46. The summed E-state index contributed by atoms with van der Waals surface area (Å²) < 4.78 is 14.0. The Morgan fingerprint density at radius 2 is 1.69 bits per heavy atom. The topological polar surface area (TPSA) is 76.9 Å². The normalized spacial score (nSPS) is 27.2. The number of carbonyl (C=O) groups excluding carboxylic acids is 2. The summed E-state index contributed by atoms with van der Waals surface area (Å²) in [6.07, 6.45) is 8.42. The highest BCUT2D eigenvalue weighted by Crippen LogP contribution is 2.41. The third kappa shape index (κ3) is 3.46. The molecule has 0 N–H and O–H groups in total. The Morgan fingerprint density at radius 1 is 1.00 bits per heavy atom. The Kier molecular flexibility index (Phi) is 5.07. The summed E-state index contributed by atoms with van der Waals surface area (Å²) in [7, 11) is 0. The molecule has 8 heteroatoms. The third-order valence-corrected chi connectivity index (χ3v) is 7.00. The molecule has 1 aromatic rings. The number of amides is 2. The van der Waals surface area contributed by atoms with Crippen molar-refractivity contribution in [2.75, 3.05) is 39.4 Å². The summed E-state index contributed by atoms with van der Waals surface area (Å²) in [5, 5.41) is 0. The molecule has 5 rings (SSSR count). The van der Waals surface area contributed by atoms with Gasteiger partial charge in [0.25, 0.3) is 5.91 Å². The number of rotatable bonds is 2. The maximum atomic E-state index is 13.0. The lowest BCUT2D eigenvalue weighted by molar-refractivity contribution is -0.183. The van der Waals surface area contributed by atoms with Crippen molar-refractivity contribution in [2.24, 2.45) is 5.92 Å². The summed E-state index contributed by atoms with van der Waals surface area (Å²) in [6, 6.07) is 0. The number of carbonyl (C=O) groups is 2. The Balaban J connectivity index is 1.30. The SMILES string of the molecule is O=C(C1CCOCC1)N1CCC2(CC1)OC(C(=O)N1CCCC1)Cn1ccnc12. The van der Waals surface area contributed by atoms with E-state index in [2.05, 4.69) is 9.55 Å². The predicted octanol–water partition coefficient (Wildman–Crippen LogP) is 1.15. The van der Waals surface area contributed by atoms with Crippen molar-refractivity contribution in [3.63, 3.8) is 0 Å². The molecule has 0 saturated carbocycles. The van der Waals surface area contributed by atoms with E-state index < -0.39 is 11.7 Å². The van der Waals surface area contributed by atoms with Crippen molar-refractivity contribution in [1.29, 1.82) is 0 Å². The van der Waals surface area contributed by atoms with Gasteiger partial charge in [0.15, 0.2) is 6.10 Å². The monoisotopic (exact) mass is 402 g/mol. The van der Waals surface area contributed by atoms with E-state index in [1.165, 1.54) is 0 Å². The van der Waals surface area contributed by atoms with Crippen molar-refractivity contribution in [3.05, 3.63) is 18.2 Å². The first-order valence-electron chi connectivity index (χ1n) is 11.0. The molecule has 4 aliphatic rings. The standard InChI is InChI=1S/C21H30N4O4/c26-18(16-3-13-28-14-4-16)24-10-5-21(6-11-24)20-22-7-12-25(20)15-17(29-21)19(27)23-8-1-2-9-23/h7,12,16-17H,1-6,8-11,13-15H2. The van der Waals surface area contributed by atoms with Gasteiger partial charge in [0.1, 0.15) is 11.4 Å².